The Kier molecular flexibility index (Phi) is 6.25. The number of carboxylic acid groups (broad SMARTS) is 1. The summed E-state index contributed by atoms with van der Waals surface area (Å²) in [6, 6.07) is 1.44. The van der Waals surface area contributed by atoms with Crippen LogP contribution in [0.15, 0.2) is 19.5 Å². The Morgan fingerprint density at radius 1 is 1.29 bits per heavy atom. The van der Waals surface area contributed by atoms with Crippen molar-refractivity contribution in [3.63, 3.8) is 0 Å². The molecule has 1 N–H and O–H groups in total. The van der Waals surface area contributed by atoms with Gasteiger partial charge < -0.3 is 15.0 Å². The van der Waals surface area contributed by atoms with Gasteiger partial charge in [0.25, 0.3) is 0 Å². The predicted molar refractivity (Wildman–Crippen MR) is 55.5 cm³/mol. The second-order valence-corrected chi connectivity index (χ2v) is 4.67. The van der Waals surface area contributed by atoms with Gasteiger partial charge in [0.05, 0.1) is 14.9 Å². The first-order valence-corrected chi connectivity index (χ1v) is 5.41. The van der Waals surface area contributed by atoms with Crippen molar-refractivity contribution in [2.24, 2.45) is 0 Å². The third kappa shape index (κ3) is 2.96. The van der Waals surface area contributed by atoms with E-state index >= 15 is 0 Å². The normalized spacial score (nSPS) is 9.36. The van der Waals surface area contributed by atoms with Crippen LogP contribution in [-0.4, -0.2) is 11.1 Å². The molecule has 0 aliphatic rings. The van der Waals surface area contributed by atoms with E-state index in [1.54, 1.807) is 0 Å². The van der Waals surface area contributed by atoms with Gasteiger partial charge >= 0.3 is 29.6 Å². The van der Waals surface area contributed by atoms with Crippen molar-refractivity contribution in [2.45, 2.75) is 0 Å². The molecule has 0 bridgehead atoms. The number of carbonyl (C=O) groups is 1. The van der Waals surface area contributed by atoms with Crippen LogP contribution in [0.25, 0.3) is 0 Å². The first-order chi connectivity index (χ1) is 5.95. The molecule has 0 spiro atoms. The maximum absolute atomic E-state index is 10.6. The van der Waals surface area contributed by atoms with Gasteiger partial charge in [-0.1, -0.05) is 15.9 Å². The number of hydrogen-bond donors (Lipinski definition) is 1. The van der Waals surface area contributed by atoms with Crippen molar-refractivity contribution >= 4 is 53.8 Å². The van der Waals surface area contributed by atoms with Gasteiger partial charge in [0, 0.05) is 10.0 Å². The van der Waals surface area contributed by atoms with E-state index in [1.807, 2.05) is 0 Å². The summed E-state index contributed by atoms with van der Waals surface area (Å²) in [6.07, 6.45) is 0. The molecule has 3 nitrogen and oxygen atoms in total. The molecule has 0 saturated heterocycles. The van der Waals surface area contributed by atoms with Crippen molar-refractivity contribution in [1.29, 1.82) is 0 Å². The number of rotatable bonds is 1. The van der Waals surface area contributed by atoms with Gasteiger partial charge in [0.2, 0.25) is 0 Å². The van der Waals surface area contributed by atoms with Crippen LogP contribution in [0, 0.1) is 0 Å². The smallest absolute Gasteiger partial charge is 0.545 e. The minimum Gasteiger partial charge on any atom is -0.545 e. The topological polar surface area (TPSA) is 60.4 Å². The van der Waals surface area contributed by atoms with Crippen molar-refractivity contribution in [2.75, 3.05) is 0 Å². The van der Waals surface area contributed by atoms with Crippen molar-refractivity contribution in [3.8, 4) is 5.75 Å². The number of hydrogen-bond acceptors (Lipinski definition) is 3. The van der Waals surface area contributed by atoms with E-state index < -0.39 is 5.97 Å². The first-order valence-electron chi connectivity index (χ1n) is 3.03. The van der Waals surface area contributed by atoms with Crippen LogP contribution < -0.4 is 34.7 Å². The number of aromatic hydroxyl groups is 1. The number of phenols is 1. The summed E-state index contributed by atoms with van der Waals surface area (Å²) in [7, 11) is 0. The number of benzene rings is 1. The third-order valence-corrected chi connectivity index (χ3v) is 3.35. The minimum atomic E-state index is -1.36. The fourth-order valence-electron chi connectivity index (χ4n) is 0.767. The van der Waals surface area contributed by atoms with Crippen LogP contribution in [0.1, 0.15) is 10.4 Å². The molecule has 14 heavy (non-hydrogen) atoms. The molecule has 0 aliphatic heterocycles. The zero-order chi connectivity index (χ0) is 10.2. The van der Waals surface area contributed by atoms with Crippen molar-refractivity contribution in [1.82, 2.24) is 0 Å². The summed E-state index contributed by atoms with van der Waals surface area (Å²) in [5, 5.41) is 20.0. The van der Waals surface area contributed by atoms with Gasteiger partial charge in [0.1, 0.15) is 5.75 Å². The van der Waals surface area contributed by atoms with E-state index in [0.29, 0.717) is 8.95 Å². The van der Waals surface area contributed by atoms with Crippen molar-refractivity contribution < 1.29 is 44.6 Å². The Hall–Kier alpha value is 0.930. The van der Waals surface area contributed by atoms with Crippen LogP contribution in [0.3, 0.4) is 0 Å². The molecule has 0 fully saturated rings. The van der Waals surface area contributed by atoms with E-state index in [1.165, 1.54) is 6.07 Å². The number of carbonyl (C=O) groups excluding carboxylic acids is 1. The molecular weight excluding hydrogens is 395 g/mol. The Bertz CT molecular complexity index is 381. The second-order valence-electron chi connectivity index (χ2n) is 2.17. The summed E-state index contributed by atoms with van der Waals surface area (Å²) in [6.45, 7) is 0. The summed E-state index contributed by atoms with van der Waals surface area (Å²) in [5.41, 5.74) is -0.110. The van der Waals surface area contributed by atoms with Crippen molar-refractivity contribution in [3.05, 3.63) is 25.0 Å². The fourth-order valence-corrected chi connectivity index (χ4v) is 3.21. The molecule has 1 rings (SSSR count). The van der Waals surface area contributed by atoms with Crippen LogP contribution >= 0.6 is 47.8 Å². The zero-order valence-corrected chi connectivity index (χ0v) is 13.7. The summed E-state index contributed by atoms with van der Waals surface area (Å²) >= 11 is 9.05. The molecular formula is C7H2Br3NaO3. The average molecular weight is 397 g/mol. The minimum absolute atomic E-state index is 0. The quantitative estimate of drug-likeness (QED) is 0.623. The van der Waals surface area contributed by atoms with Gasteiger partial charge in [-0.25, -0.2) is 0 Å². The van der Waals surface area contributed by atoms with Gasteiger partial charge in [-0.2, -0.15) is 0 Å². The maximum atomic E-state index is 10.6. The number of phenolic OH excluding ortho intramolecular Hbond substituents is 1. The van der Waals surface area contributed by atoms with Gasteiger partial charge in [-0.05, 0) is 37.9 Å². The van der Waals surface area contributed by atoms with E-state index in [-0.39, 0.29) is 45.3 Å². The predicted octanol–water partition coefficient (Wildman–Crippen LogP) is -0.953. The van der Waals surface area contributed by atoms with Crippen LogP contribution in [0.5, 0.6) is 5.75 Å². The van der Waals surface area contributed by atoms with E-state index in [0.717, 1.165) is 0 Å². The van der Waals surface area contributed by atoms with Gasteiger partial charge in [-0.15, -0.1) is 0 Å². The molecule has 0 radical (unpaired) electrons. The molecule has 0 aliphatic carbocycles. The van der Waals surface area contributed by atoms with Gasteiger partial charge in [-0.3, -0.25) is 0 Å². The average Bonchev–Trinajstić information content (AvgIpc) is 1.99. The molecule has 70 valence electrons. The first kappa shape index (κ1) is 14.9. The third-order valence-electron chi connectivity index (χ3n) is 1.35. The van der Waals surface area contributed by atoms with Crippen LogP contribution in [0.4, 0.5) is 0 Å². The molecule has 0 atom stereocenters. The largest absolute Gasteiger partial charge is 1.00 e. The van der Waals surface area contributed by atoms with Gasteiger partial charge in [0.15, 0.2) is 0 Å². The second kappa shape index (κ2) is 5.86. The fraction of sp³-hybridized carbons (Fsp3) is 0. The monoisotopic (exact) mass is 394 g/mol. The van der Waals surface area contributed by atoms with Crippen LogP contribution in [0.2, 0.25) is 0 Å². The molecule has 1 aromatic carbocycles. The van der Waals surface area contributed by atoms with E-state index in [9.17, 15) is 15.0 Å². The standard InChI is InChI=1S/C7H3Br3O3.Na/c8-2-1-3(9)6(11)5(10)4(2)7(12)13;/h1,11H,(H,12,13);/q;+1/p-1. The number of halogens is 3. The molecule has 0 amide bonds. The summed E-state index contributed by atoms with van der Waals surface area (Å²) in [5.74, 6) is -1.52. The Morgan fingerprint density at radius 3 is 2.21 bits per heavy atom. The Labute approximate surface area is 128 Å². The molecule has 7 heteroatoms. The number of aromatic carboxylic acids is 1. The maximum Gasteiger partial charge on any atom is 1.00 e. The SMILES string of the molecule is O=C([O-])c1c(Br)cc(Br)c(O)c1Br.[Na+]. The number of carboxylic acids is 1. The van der Waals surface area contributed by atoms with Crippen LogP contribution in [-0.2, 0) is 0 Å². The zero-order valence-electron chi connectivity index (χ0n) is 6.97. The Balaban J connectivity index is 0.00000169. The molecule has 1 aromatic rings. The Morgan fingerprint density at radius 2 is 1.79 bits per heavy atom. The van der Waals surface area contributed by atoms with E-state index in [4.69, 9.17) is 0 Å². The summed E-state index contributed by atoms with van der Waals surface area (Å²) in [4.78, 5) is 10.6. The molecule has 0 aromatic heterocycles. The molecule has 0 unspecified atom stereocenters. The molecule has 0 heterocycles. The molecule has 0 saturated carbocycles. The summed E-state index contributed by atoms with van der Waals surface area (Å²) < 4.78 is 0.828. The van der Waals surface area contributed by atoms with E-state index in [2.05, 4.69) is 47.8 Å².